The van der Waals surface area contributed by atoms with Crippen LogP contribution in [0.15, 0.2) is 12.2 Å². The highest BCUT2D eigenvalue weighted by molar-refractivity contribution is 5.24. The van der Waals surface area contributed by atoms with Gasteiger partial charge in [0.2, 0.25) is 0 Å². The molecular formula is C12H16O. The van der Waals surface area contributed by atoms with E-state index >= 15 is 0 Å². The lowest BCUT2D eigenvalue weighted by Gasteiger charge is -1.81. The van der Waals surface area contributed by atoms with E-state index in [1.807, 2.05) is 0 Å². The first kappa shape index (κ1) is 11.8. The van der Waals surface area contributed by atoms with E-state index < -0.39 is 0 Å². The quantitative estimate of drug-likeness (QED) is 0.516. The van der Waals surface area contributed by atoms with Gasteiger partial charge < -0.3 is 5.11 Å². The van der Waals surface area contributed by atoms with Gasteiger partial charge in [-0.15, -0.1) is 0 Å². The SMILES string of the molecule is CCCCC#C/C=C\C#CCCO. The highest BCUT2D eigenvalue weighted by Gasteiger charge is 1.73. The van der Waals surface area contributed by atoms with Gasteiger partial charge in [-0.2, -0.15) is 0 Å². The Morgan fingerprint density at radius 1 is 1.08 bits per heavy atom. The van der Waals surface area contributed by atoms with E-state index in [1.165, 1.54) is 6.42 Å². The van der Waals surface area contributed by atoms with Crippen molar-refractivity contribution in [1.29, 1.82) is 0 Å². The highest BCUT2D eigenvalue weighted by atomic mass is 16.2. The molecule has 0 aliphatic carbocycles. The van der Waals surface area contributed by atoms with Crippen LogP contribution in [0.4, 0.5) is 0 Å². The van der Waals surface area contributed by atoms with Crippen LogP contribution in [0.25, 0.3) is 0 Å². The van der Waals surface area contributed by atoms with E-state index in [0.717, 1.165) is 12.8 Å². The van der Waals surface area contributed by atoms with Gasteiger partial charge in [0.25, 0.3) is 0 Å². The fraction of sp³-hybridized carbons (Fsp3) is 0.500. The molecule has 1 heteroatoms. The Morgan fingerprint density at radius 3 is 2.23 bits per heavy atom. The Bertz CT molecular complexity index is 242. The minimum absolute atomic E-state index is 0.128. The Morgan fingerprint density at radius 2 is 1.69 bits per heavy atom. The van der Waals surface area contributed by atoms with Crippen molar-refractivity contribution in [3.8, 4) is 23.7 Å². The molecule has 0 saturated heterocycles. The summed E-state index contributed by atoms with van der Waals surface area (Å²) in [5, 5.41) is 8.41. The number of aliphatic hydroxyl groups is 1. The molecule has 0 saturated carbocycles. The maximum absolute atomic E-state index is 8.41. The van der Waals surface area contributed by atoms with E-state index in [4.69, 9.17) is 5.11 Å². The average molecular weight is 176 g/mol. The van der Waals surface area contributed by atoms with Crippen LogP contribution in [0.1, 0.15) is 32.6 Å². The molecule has 0 aliphatic heterocycles. The molecule has 0 unspecified atom stereocenters. The third-order valence-electron chi connectivity index (χ3n) is 1.35. The summed E-state index contributed by atoms with van der Waals surface area (Å²) in [5.74, 6) is 11.5. The number of hydrogen-bond donors (Lipinski definition) is 1. The van der Waals surface area contributed by atoms with E-state index in [-0.39, 0.29) is 6.61 Å². The molecule has 0 aromatic heterocycles. The summed E-state index contributed by atoms with van der Waals surface area (Å²) in [5.41, 5.74) is 0. The van der Waals surface area contributed by atoms with Gasteiger partial charge in [0.1, 0.15) is 0 Å². The van der Waals surface area contributed by atoms with E-state index in [1.54, 1.807) is 12.2 Å². The van der Waals surface area contributed by atoms with Crippen LogP contribution in [-0.2, 0) is 0 Å². The van der Waals surface area contributed by atoms with Crippen molar-refractivity contribution in [3.63, 3.8) is 0 Å². The molecule has 70 valence electrons. The molecule has 1 N–H and O–H groups in total. The fourth-order valence-electron chi connectivity index (χ4n) is 0.667. The zero-order valence-corrected chi connectivity index (χ0v) is 8.14. The van der Waals surface area contributed by atoms with Crippen LogP contribution in [0.2, 0.25) is 0 Å². The fourth-order valence-corrected chi connectivity index (χ4v) is 0.667. The van der Waals surface area contributed by atoms with Crippen LogP contribution >= 0.6 is 0 Å². The van der Waals surface area contributed by atoms with E-state index in [0.29, 0.717) is 6.42 Å². The van der Waals surface area contributed by atoms with Crippen molar-refractivity contribution in [2.24, 2.45) is 0 Å². The van der Waals surface area contributed by atoms with Crippen LogP contribution in [-0.4, -0.2) is 11.7 Å². The second-order valence-electron chi connectivity index (χ2n) is 2.55. The number of unbranched alkanes of at least 4 members (excludes halogenated alkanes) is 2. The molecule has 0 atom stereocenters. The van der Waals surface area contributed by atoms with E-state index in [2.05, 4.69) is 30.6 Å². The van der Waals surface area contributed by atoms with Crippen LogP contribution in [0.5, 0.6) is 0 Å². The minimum Gasteiger partial charge on any atom is -0.395 e. The first-order chi connectivity index (χ1) is 6.41. The normalized spacial score (nSPS) is 8.77. The number of allylic oxidation sites excluding steroid dienone is 2. The molecule has 0 rings (SSSR count). The molecule has 1 nitrogen and oxygen atoms in total. The van der Waals surface area contributed by atoms with Gasteiger partial charge in [-0.25, -0.2) is 0 Å². The zero-order valence-electron chi connectivity index (χ0n) is 8.14. The lowest BCUT2D eigenvalue weighted by atomic mass is 10.2. The summed E-state index contributed by atoms with van der Waals surface area (Å²) >= 11 is 0. The second-order valence-corrected chi connectivity index (χ2v) is 2.55. The molecular weight excluding hydrogens is 160 g/mol. The summed E-state index contributed by atoms with van der Waals surface area (Å²) in [6.45, 7) is 2.28. The standard InChI is InChI=1S/C12H16O/c1-2-3-4-5-6-7-8-9-10-11-12-13/h7-8,13H,2-4,11-12H2,1H3/b8-7-. The van der Waals surface area contributed by atoms with Gasteiger partial charge in [0.15, 0.2) is 0 Å². The van der Waals surface area contributed by atoms with Gasteiger partial charge in [-0.3, -0.25) is 0 Å². The van der Waals surface area contributed by atoms with Crippen molar-refractivity contribution in [3.05, 3.63) is 12.2 Å². The topological polar surface area (TPSA) is 20.2 Å². The first-order valence-electron chi connectivity index (χ1n) is 4.64. The average Bonchev–Trinajstić information content (AvgIpc) is 2.16. The third kappa shape index (κ3) is 10.8. The van der Waals surface area contributed by atoms with Crippen LogP contribution < -0.4 is 0 Å². The monoisotopic (exact) mass is 176 g/mol. The Hall–Kier alpha value is -1.18. The molecule has 0 aromatic rings. The highest BCUT2D eigenvalue weighted by Crippen LogP contribution is 1.90. The van der Waals surface area contributed by atoms with Gasteiger partial charge in [-0.1, -0.05) is 37.0 Å². The zero-order chi connectivity index (χ0) is 9.78. The van der Waals surface area contributed by atoms with Crippen molar-refractivity contribution >= 4 is 0 Å². The maximum atomic E-state index is 8.41. The van der Waals surface area contributed by atoms with Gasteiger partial charge in [-0.05, 0) is 18.6 Å². The summed E-state index contributed by atoms with van der Waals surface area (Å²) in [4.78, 5) is 0. The lowest BCUT2D eigenvalue weighted by Crippen LogP contribution is -1.74. The summed E-state index contributed by atoms with van der Waals surface area (Å²) < 4.78 is 0. The minimum atomic E-state index is 0.128. The molecule has 0 amide bonds. The molecule has 0 fully saturated rings. The molecule has 0 bridgehead atoms. The van der Waals surface area contributed by atoms with Crippen molar-refractivity contribution in [1.82, 2.24) is 0 Å². The lowest BCUT2D eigenvalue weighted by molar-refractivity contribution is 0.305. The Labute approximate surface area is 80.9 Å². The predicted molar refractivity (Wildman–Crippen MR) is 55.9 cm³/mol. The predicted octanol–water partition coefficient (Wildman–Crippen LogP) is 2.12. The van der Waals surface area contributed by atoms with Crippen molar-refractivity contribution in [2.75, 3.05) is 6.61 Å². The second kappa shape index (κ2) is 10.8. The van der Waals surface area contributed by atoms with Crippen LogP contribution in [0.3, 0.4) is 0 Å². The van der Waals surface area contributed by atoms with Crippen molar-refractivity contribution in [2.45, 2.75) is 32.6 Å². The number of aliphatic hydroxyl groups excluding tert-OH is 1. The third-order valence-corrected chi connectivity index (χ3v) is 1.35. The molecule has 0 aromatic carbocycles. The molecule has 0 spiro atoms. The summed E-state index contributed by atoms with van der Waals surface area (Å²) in [6.07, 6.45) is 7.32. The van der Waals surface area contributed by atoms with Gasteiger partial charge in [0, 0.05) is 12.8 Å². The van der Waals surface area contributed by atoms with Gasteiger partial charge >= 0.3 is 0 Å². The smallest absolute Gasteiger partial charge is 0.0540 e. The summed E-state index contributed by atoms with van der Waals surface area (Å²) in [6, 6.07) is 0. The van der Waals surface area contributed by atoms with E-state index in [9.17, 15) is 0 Å². The maximum Gasteiger partial charge on any atom is 0.0540 e. The molecule has 0 heterocycles. The molecule has 0 radical (unpaired) electrons. The number of rotatable bonds is 3. The van der Waals surface area contributed by atoms with Gasteiger partial charge in [0.05, 0.1) is 6.61 Å². The van der Waals surface area contributed by atoms with Crippen molar-refractivity contribution < 1.29 is 5.11 Å². The Kier molecular flexibility index (Phi) is 9.84. The number of hydrogen-bond acceptors (Lipinski definition) is 1. The largest absolute Gasteiger partial charge is 0.395 e. The van der Waals surface area contributed by atoms with Crippen LogP contribution in [0, 0.1) is 23.7 Å². The first-order valence-corrected chi connectivity index (χ1v) is 4.64. The molecule has 0 aliphatic rings. The summed E-state index contributed by atoms with van der Waals surface area (Å²) in [7, 11) is 0. The molecule has 13 heavy (non-hydrogen) atoms. The Balaban J connectivity index is 3.49.